The van der Waals surface area contributed by atoms with Crippen molar-refractivity contribution in [2.75, 3.05) is 6.61 Å². The second-order valence-electron chi connectivity index (χ2n) is 6.04. The minimum absolute atomic E-state index is 0.0500. The minimum atomic E-state index is -5.04. The lowest BCUT2D eigenvalue weighted by Crippen LogP contribution is -2.57. The molecule has 0 aromatic rings. The summed E-state index contributed by atoms with van der Waals surface area (Å²) in [6.07, 6.45) is -11.4. The summed E-state index contributed by atoms with van der Waals surface area (Å²) < 4.78 is 43.9. The molecule has 0 saturated heterocycles. The SMILES string of the molecule is CC(=O)NC(C=O)C(O)C(OC1OC(C(=O)O)=CC(O)C1O)C(O)COS(=O)(=O)O. The zero-order valence-electron chi connectivity index (χ0n) is 15.3. The normalized spacial score (nSPS) is 25.8. The lowest BCUT2D eigenvalue weighted by Gasteiger charge is -2.37. The van der Waals surface area contributed by atoms with Crippen molar-refractivity contribution in [2.45, 2.75) is 49.8 Å². The van der Waals surface area contributed by atoms with Crippen molar-refractivity contribution < 1.29 is 66.5 Å². The number of carboxylic acid groups (broad SMARTS) is 1. The van der Waals surface area contributed by atoms with Gasteiger partial charge in [-0.1, -0.05) is 0 Å². The summed E-state index contributed by atoms with van der Waals surface area (Å²) in [7, 11) is -5.04. The summed E-state index contributed by atoms with van der Waals surface area (Å²) in [4.78, 5) is 33.4. The third-order valence-corrected chi connectivity index (χ3v) is 4.12. The van der Waals surface area contributed by atoms with E-state index in [2.05, 4.69) is 4.18 Å². The number of hydrogen-bond acceptors (Lipinski definition) is 12. The van der Waals surface area contributed by atoms with Crippen molar-refractivity contribution >= 4 is 28.6 Å². The molecular formula is C14H21NO14S. The quantitative estimate of drug-likeness (QED) is 0.114. The Balaban J connectivity index is 3.15. The maximum atomic E-state index is 11.2. The fourth-order valence-corrected chi connectivity index (χ4v) is 2.63. The van der Waals surface area contributed by atoms with E-state index in [9.17, 15) is 43.2 Å². The topological polar surface area (TPSA) is 246 Å². The summed E-state index contributed by atoms with van der Waals surface area (Å²) in [6.45, 7) is -0.232. The van der Waals surface area contributed by atoms with E-state index >= 15 is 0 Å². The number of aliphatic hydroxyl groups is 4. The molecule has 0 bridgehead atoms. The first-order chi connectivity index (χ1) is 13.8. The van der Waals surface area contributed by atoms with Gasteiger partial charge in [-0.15, -0.1) is 0 Å². The van der Waals surface area contributed by atoms with Crippen LogP contribution in [0.1, 0.15) is 6.92 Å². The van der Waals surface area contributed by atoms with Crippen LogP contribution in [0.25, 0.3) is 0 Å². The second-order valence-corrected chi connectivity index (χ2v) is 7.13. The fraction of sp³-hybridized carbons (Fsp3) is 0.643. The van der Waals surface area contributed by atoms with E-state index < -0.39 is 77.5 Å². The van der Waals surface area contributed by atoms with Crippen LogP contribution in [0.5, 0.6) is 0 Å². The lowest BCUT2D eigenvalue weighted by atomic mass is 10.0. The molecule has 15 nitrogen and oxygen atoms in total. The van der Waals surface area contributed by atoms with Gasteiger partial charge in [0.15, 0.2) is 0 Å². The van der Waals surface area contributed by atoms with Crippen LogP contribution in [0, 0.1) is 0 Å². The number of carbonyl (C=O) groups excluding carboxylic acids is 2. The predicted molar refractivity (Wildman–Crippen MR) is 90.7 cm³/mol. The van der Waals surface area contributed by atoms with Crippen molar-refractivity contribution in [3.05, 3.63) is 11.8 Å². The van der Waals surface area contributed by atoms with Crippen LogP contribution in [0.4, 0.5) is 0 Å². The number of rotatable bonds is 11. The highest BCUT2D eigenvalue weighted by molar-refractivity contribution is 7.80. The average Bonchev–Trinajstić information content (AvgIpc) is 2.63. The highest BCUT2D eigenvalue weighted by atomic mass is 32.3. The first-order valence-electron chi connectivity index (χ1n) is 8.10. The minimum Gasteiger partial charge on any atom is -0.475 e. The van der Waals surface area contributed by atoms with Gasteiger partial charge in [0.1, 0.15) is 42.8 Å². The molecule has 0 aromatic heterocycles. The molecule has 172 valence electrons. The molecular weight excluding hydrogens is 438 g/mol. The number of aliphatic hydroxyl groups excluding tert-OH is 4. The Kier molecular flexibility index (Phi) is 9.25. The first kappa shape index (κ1) is 25.9. The van der Waals surface area contributed by atoms with Gasteiger partial charge in [-0.3, -0.25) is 9.35 Å². The van der Waals surface area contributed by atoms with E-state index in [1.54, 1.807) is 0 Å². The standard InChI is InChI=1S/C14H21NO14S/c1-5(17)15-6(3-16)10(20)12(8(19)4-27-30(24,25)26)29-14-11(21)7(18)2-9(28-14)13(22)23/h2-3,6-8,10-12,14,18-21H,4H2,1H3,(H,15,17)(H,22,23)(H,24,25,26). The van der Waals surface area contributed by atoms with E-state index in [0.717, 1.165) is 6.92 Å². The van der Waals surface area contributed by atoms with Gasteiger partial charge in [-0.2, -0.15) is 8.42 Å². The predicted octanol–water partition coefficient (Wildman–Crippen LogP) is -4.34. The zero-order chi connectivity index (χ0) is 23.2. The van der Waals surface area contributed by atoms with Crippen molar-refractivity contribution in [2.24, 2.45) is 0 Å². The third-order valence-electron chi connectivity index (χ3n) is 3.68. The van der Waals surface area contributed by atoms with Crippen LogP contribution in [-0.2, 0) is 38.4 Å². The van der Waals surface area contributed by atoms with Crippen molar-refractivity contribution in [1.82, 2.24) is 5.32 Å². The number of carbonyl (C=O) groups is 3. The van der Waals surface area contributed by atoms with Gasteiger partial charge in [0.2, 0.25) is 18.0 Å². The van der Waals surface area contributed by atoms with E-state index in [0.29, 0.717) is 6.08 Å². The van der Waals surface area contributed by atoms with Gasteiger partial charge in [0.25, 0.3) is 0 Å². The Morgan fingerprint density at radius 2 is 1.93 bits per heavy atom. The molecule has 1 amide bonds. The van der Waals surface area contributed by atoms with Gasteiger partial charge < -0.3 is 45.1 Å². The molecule has 7 unspecified atom stereocenters. The number of carboxylic acids is 1. The maximum Gasteiger partial charge on any atom is 0.397 e. The number of nitrogens with one attached hydrogen (secondary N) is 1. The Morgan fingerprint density at radius 3 is 2.40 bits per heavy atom. The van der Waals surface area contributed by atoms with Gasteiger partial charge in [0, 0.05) is 6.92 Å². The van der Waals surface area contributed by atoms with E-state index in [-0.39, 0.29) is 6.29 Å². The number of aliphatic carboxylic acids is 1. The molecule has 30 heavy (non-hydrogen) atoms. The highest BCUT2D eigenvalue weighted by Gasteiger charge is 2.42. The Labute approximate surface area is 169 Å². The largest absolute Gasteiger partial charge is 0.475 e. The smallest absolute Gasteiger partial charge is 0.397 e. The molecule has 0 aromatic carbocycles. The van der Waals surface area contributed by atoms with Gasteiger partial charge in [0.05, 0.1) is 6.61 Å². The summed E-state index contributed by atoms with van der Waals surface area (Å²) in [5, 5.41) is 51.1. The summed E-state index contributed by atoms with van der Waals surface area (Å²) in [5.74, 6) is -3.30. The van der Waals surface area contributed by atoms with Crippen LogP contribution < -0.4 is 5.32 Å². The van der Waals surface area contributed by atoms with Crippen LogP contribution in [-0.4, -0.2) is 106 Å². The Bertz CT molecular complexity index is 767. The van der Waals surface area contributed by atoms with E-state index in [1.165, 1.54) is 0 Å². The second kappa shape index (κ2) is 10.7. The summed E-state index contributed by atoms with van der Waals surface area (Å²) in [5.41, 5.74) is 0. The summed E-state index contributed by atoms with van der Waals surface area (Å²) >= 11 is 0. The van der Waals surface area contributed by atoms with Gasteiger partial charge in [-0.05, 0) is 6.08 Å². The highest BCUT2D eigenvalue weighted by Crippen LogP contribution is 2.23. The van der Waals surface area contributed by atoms with E-state index in [4.69, 9.17) is 19.1 Å². The number of hydrogen-bond donors (Lipinski definition) is 7. The fourth-order valence-electron chi connectivity index (χ4n) is 2.32. The van der Waals surface area contributed by atoms with Crippen LogP contribution in [0.2, 0.25) is 0 Å². The van der Waals surface area contributed by atoms with Crippen molar-refractivity contribution in [3.63, 3.8) is 0 Å². The molecule has 0 aliphatic carbocycles. The maximum absolute atomic E-state index is 11.2. The van der Waals surface area contributed by atoms with E-state index in [1.807, 2.05) is 5.32 Å². The van der Waals surface area contributed by atoms with Crippen molar-refractivity contribution in [3.8, 4) is 0 Å². The molecule has 0 spiro atoms. The van der Waals surface area contributed by atoms with Crippen LogP contribution >= 0.6 is 0 Å². The summed E-state index contributed by atoms with van der Waals surface area (Å²) in [6, 6.07) is -1.71. The van der Waals surface area contributed by atoms with Gasteiger partial charge >= 0.3 is 16.4 Å². The average molecular weight is 459 g/mol. The molecule has 0 radical (unpaired) electrons. The number of ether oxygens (including phenoxy) is 2. The Hall–Kier alpha value is -2.18. The molecule has 1 aliphatic rings. The van der Waals surface area contributed by atoms with Gasteiger partial charge in [-0.25, -0.2) is 8.98 Å². The van der Waals surface area contributed by atoms with Crippen LogP contribution in [0.15, 0.2) is 11.8 Å². The molecule has 1 rings (SSSR count). The molecule has 16 heteroatoms. The lowest BCUT2D eigenvalue weighted by molar-refractivity contribution is -0.255. The van der Waals surface area contributed by atoms with Crippen molar-refractivity contribution in [1.29, 1.82) is 0 Å². The zero-order valence-corrected chi connectivity index (χ0v) is 16.1. The monoisotopic (exact) mass is 459 g/mol. The number of amides is 1. The molecule has 0 fully saturated rings. The molecule has 1 aliphatic heterocycles. The number of aldehydes is 1. The Morgan fingerprint density at radius 1 is 1.33 bits per heavy atom. The molecule has 0 saturated carbocycles. The molecule has 1 heterocycles. The van der Waals surface area contributed by atoms with Crippen LogP contribution in [0.3, 0.4) is 0 Å². The molecule has 7 N–H and O–H groups in total. The molecule has 7 atom stereocenters. The third kappa shape index (κ3) is 7.58. The first-order valence-corrected chi connectivity index (χ1v) is 9.47.